The first kappa shape index (κ1) is 12.9. The van der Waals surface area contributed by atoms with Gasteiger partial charge in [0.05, 0.1) is 11.0 Å². The predicted octanol–water partition coefficient (Wildman–Crippen LogP) is 5.34. The van der Waals surface area contributed by atoms with Crippen LogP contribution in [0.4, 0.5) is 0 Å². The monoisotopic (exact) mass is 319 g/mol. The zero-order valence-corrected chi connectivity index (χ0v) is 13.3. The van der Waals surface area contributed by atoms with Crippen LogP contribution in [0.3, 0.4) is 0 Å². The third kappa shape index (κ3) is 1.59. The summed E-state index contributed by atoms with van der Waals surface area (Å²) in [6.45, 7) is 0. The molecule has 116 valence electrons. The lowest BCUT2D eigenvalue weighted by Crippen LogP contribution is -1.93. The van der Waals surface area contributed by atoms with Crippen LogP contribution in [0, 0.1) is 0 Å². The lowest BCUT2D eigenvalue weighted by molar-refractivity contribution is 1.21. The fraction of sp³-hybridized carbons (Fsp3) is 0. The minimum atomic E-state index is 0.984. The van der Waals surface area contributed by atoms with Crippen LogP contribution in [-0.2, 0) is 0 Å². The molecule has 0 fully saturated rings. The van der Waals surface area contributed by atoms with Crippen molar-refractivity contribution in [3.05, 3.63) is 79.3 Å². The van der Waals surface area contributed by atoms with E-state index in [4.69, 9.17) is 9.97 Å². The average Bonchev–Trinajstić information content (AvgIpc) is 3.07. The van der Waals surface area contributed by atoms with Gasteiger partial charge in [-0.2, -0.15) is 0 Å². The van der Waals surface area contributed by atoms with Gasteiger partial charge in [-0.3, -0.25) is 9.38 Å². The maximum Gasteiger partial charge on any atom is 0.145 e. The Morgan fingerprint density at radius 3 is 2.44 bits per heavy atom. The van der Waals surface area contributed by atoms with Crippen molar-refractivity contribution in [2.24, 2.45) is 0 Å². The van der Waals surface area contributed by atoms with Crippen LogP contribution in [0.25, 0.3) is 49.0 Å². The molecule has 0 N–H and O–H groups in total. The second-order valence-electron chi connectivity index (χ2n) is 6.37. The summed E-state index contributed by atoms with van der Waals surface area (Å²) >= 11 is 0. The highest BCUT2D eigenvalue weighted by Gasteiger charge is 2.15. The summed E-state index contributed by atoms with van der Waals surface area (Å²) in [6.07, 6.45) is 6.04. The summed E-state index contributed by atoms with van der Waals surface area (Å²) in [4.78, 5) is 9.42. The average molecular weight is 319 g/mol. The third-order valence-electron chi connectivity index (χ3n) is 5.04. The van der Waals surface area contributed by atoms with Gasteiger partial charge >= 0.3 is 0 Å². The predicted molar refractivity (Wildman–Crippen MR) is 103 cm³/mol. The molecule has 0 aliphatic heterocycles. The lowest BCUT2D eigenvalue weighted by atomic mass is 10.0. The van der Waals surface area contributed by atoms with E-state index in [-0.39, 0.29) is 0 Å². The Balaban J connectivity index is 2.07. The van der Waals surface area contributed by atoms with Crippen molar-refractivity contribution in [1.82, 2.24) is 14.4 Å². The number of para-hydroxylation sites is 1. The van der Waals surface area contributed by atoms with Crippen LogP contribution in [0.15, 0.2) is 79.3 Å². The molecule has 6 rings (SSSR count). The largest absolute Gasteiger partial charge is 0.299 e. The Kier molecular flexibility index (Phi) is 2.35. The summed E-state index contributed by atoms with van der Waals surface area (Å²) in [5.74, 6) is 0. The van der Waals surface area contributed by atoms with Gasteiger partial charge in [0.2, 0.25) is 0 Å². The number of hydrogen-bond acceptors (Lipinski definition) is 2. The molecule has 0 radical (unpaired) electrons. The van der Waals surface area contributed by atoms with E-state index in [1.807, 2.05) is 24.5 Å². The van der Waals surface area contributed by atoms with Gasteiger partial charge < -0.3 is 0 Å². The van der Waals surface area contributed by atoms with E-state index < -0.39 is 0 Å². The van der Waals surface area contributed by atoms with E-state index in [9.17, 15) is 0 Å². The molecular weight excluding hydrogens is 306 g/mol. The molecule has 3 nitrogen and oxygen atoms in total. The van der Waals surface area contributed by atoms with Gasteiger partial charge in [-0.15, -0.1) is 0 Å². The Bertz CT molecular complexity index is 1440. The molecule has 0 aliphatic carbocycles. The summed E-state index contributed by atoms with van der Waals surface area (Å²) in [7, 11) is 0. The van der Waals surface area contributed by atoms with Gasteiger partial charge in [-0.1, -0.05) is 42.5 Å². The number of nitrogens with zero attached hydrogens (tertiary/aromatic N) is 3. The van der Waals surface area contributed by atoms with Gasteiger partial charge in [0.1, 0.15) is 5.65 Å². The third-order valence-corrected chi connectivity index (χ3v) is 5.04. The number of aromatic nitrogens is 3. The lowest BCUT2D eigenvalue weighted by Gasteiger charge is -2.10. The van der Waals surface area contributed by atoms with Crippen molar-refractivity contribution >= 4 is 49.0 Å². The van der Waals surface area contributed by atoms with Crippen LogP contribution >= 0.6 is 0 Å². The fourth-order valence-corrected chi connectivity index (χ4v) is 4.00. The highest BCUT2D eigenvalue weighted by Crippen LogP contribution is 2.36. The highest BCUT2D eigenvalue weighted by atomic mass is 15.0. The molecule has 4 aromatic heterocycles. The van der Waals surface area contributed by atoms with Gasteiger partial charge in [0.25, 0.3) is 0 Å². The first-order valence-corrected chi connectivity index (χ1v) is 8.36. The van der Waals surface area contributed by atoms with Crippen LogP contribution in [0.2, 0.25) is 0 Å². The van der Waals surface area contributed by atoms with Crippen molar-refractivity contribution in [2.45, 2.75) is 0 Å². The van der Waals surface area contributed by atoms with Gasteiger partial charge in [0, 0.05) is 50.9 Å². The van der Waals surface area contributed by atoms with Crippen molar-refractivity contribution in [3.63, 3.8) is 0 Å². The molecule has 6 aromatic rings. The Morgan fingerprint density at radius 1 is 0.680 bits per heavy atom. The van der Waals surface area contributed by atoms with Gasteiger partial charge in [-0.05, 0) is 18.2 Å². The molecule has 2 aromatic carbocycles. The van der Waals surface area contributed by atoms with E-state index in [1.54, 1.807) is 0 Å². The molecule has 4 heterocycles. The second kappa shape index (κ2) is 4.54. The maximum atomic E-state index is 4.72. The van der Waals surface area contributed by atoms with Crippen molar-refractivity contribution in [1.29, 1.82) is 0 Å². The van der Waals surface area contributed by atoms with Gasteiger partial charge in [-0.25, -0.2) is 4.98 Å². The molecule has 0 amide bonds. The Morgan fingerprint density at radius 2 is 1.48 bits per heavy atom. The van der Waals surface area contributed by atoms with E-state index >= 15 is 0 Å². The van der Waals surface area contributed by atoms with Crippen molar-refractivity contribution in [2.75, 3.05) is 0 Å². The fourth-order valence-electron chi connectivity index (χ4n) is 4.00. The smallest absolute Gasteiger partial charge is 0.145 e. The molecule has 0 bridgehead atoms. The van der Waals surface area contributed by atoms with E-state index in [0.29, 0.717) is 0 Å². The quantitative estimate of drug-likeness (QED) is 0.354. The Labute approximate surface area is 143 Å². The van der Waals surface area contributed by atoms with Crippen LogP contribution in [-0.4, -0.2) is 14.4 Å². The van der Waals surface area contributed by atoms with Crippen molar-refractivity contribution in [3.8, 4) is 0 Å². The molecular formula is C22H13N3. The summed E-state index contributed by atoms with van der Waals surface area (Å²) in [5.41, 5.74) is 3.17. The number of pyridine rings is 3. The number of benzene rings is 2. The van der Waals surface area contributed by atoms with E-state index in [1.165, 1.54) is 32.4 Å². The van der Waals surface area contributed by atoms with Crippen LogP contribution in [0.5, 0.6) is 0 Å². The molecule has 0 spiro atoms. The van der Waals surface area contributed by atoms with Crippen LogP contribution < -0.4 is 0 Å². The summed E-state index contributed by atoms with van der Waals surface area (Å²) in [6, 6.07) is 21.0. The topological polar surface area (TPSA) is 30.2 Å². The van der Waals surface area contributed by atoms with Gasteiger partial charge in [0.15, 0.2) is 0 Å². The minimum Gasteiger partial charge on any atom is -0.299 e. The highest BCUT2D eigenvalue weighted by molar-refractivity contribution is 6.25. The standard InChI is InChI=1S/C22H13N3/c1-2-7-15-14(6-1)13-25-21(15)18-12-24-19-10-4-3-8-16(19)20(18)17-9-5-11-23-22(17)25/h1-13H. The second-order valence-corrected chi connectivity index (χ2v) is 6.37. The SMILES string of the molecule is c1ccc2c(c1)cn1c3ncccc3c3c4ccccc4ncc3c21. The van der Waals surface area contributed by atoms with Crippen molar-refractivity contribution < 1.29 is 0 Å². The number of hydrogen-bond donors (Lipinski definition) is 0. The zero-order chi connectivity index (χ0) is 16.4. The zero-order valence-electron chi connectivity index (χ0n) is 13.3. The molecule has 0 aliphatic rings. The number of rotatable bonds is 0. The molecule has 0 unspecified atom stereocenters. The molecule has 0 atom stereocenters. The minimum absolute atomic E-state index is 0.984. The first-order chi connectivity index (χ1) is 12.4. The van der Waals surface area contributed by atoms with E-state index in [0.717, 1.165) is 16.6 Å². The maximum absolute atomic E-state index is 4.72. The van der Waals surface area contributed by atoms with E-state index in [2.05, 4.69) is 59.1 Å². The molecule has 25 heavy (non-hydrogen) atoms. The molecule has 0 saturated heterocycles. The normalized spacial score (nSPS) is 12.0. The first-order valence-electron chi connectivity index (χ1n) is 8.36. The Hall–Kier alpha value is -3.46. The summed E-state index contributed by atoms with van der Waals surface area (Å²) < 4.78 is 2.21. The summed E-state index contributed by atoms with van der Waals surface area (Å²) in [5, 5.41) is 7.17. The molecule has 0 saturated carbocycles. The molecule has 3 heteroatoms. The van der Waals surface area contributed by atoms with Crippen LogP contribution in [0.1, 0.15) is 0 Å². The number of fused-ring (bicyclic) bond motifs is 10.